The van der Waals surface area contributed by atoms with Crippen molar-refractivity contribution in [1.29, 1.82) is 0 Å². The lowest BCUT2D eigenvalue weighted by atomic mass is 10.3. The minimum absolute atomic E-state index is 0.00931. The van der Waals surface area contributed by atoms with Crippen LogP contribution in [0, 0.1) is 11.6 Å². The Kier molecular flexibility index (Phi) is 6.81. The number of hydrogen-bond donors (Lipinski definition) is 2. The topological polar surface area (TPSA) is 64.3 Å². The summed E-state index contributed by atoms with van der Waals surface area (Å²) in [6.07, 6.45) is 1.50. The number of hydrogen-bond acceptors (Lipinski definition) is 3. The second kappa shape index (κ2) is 8.42. The van der Waals surface area contributed by atoms with Crippen LogP contribution in [0.4, 0.5) is 8.78 Å². The zero-order valence-corrected chi connectivity index (χ0v) is 10.6. The molecule has 0 saturated carbocycles. The second-order valence-corrected chi connectivity index (χ2v) is 4.02. The van der Waals surface area contributed by atoms with Gasteiger partial charge in [-0.25, -0.2) is 8.78 Å². The summed E-state index contributed by atoms with van der Waals surface area (Å²) in [6, 6.07) is 3.11. The number of benzene rings is 1. The van der Waals surface area contributed by atoms with E-state index in [0.29, 0.717) is 25.9 Å². The molecule has 0 aromatic heterocycles. The van der Waals surface area contributed by atoms with Crippen LogP contribution in [-0.4, -0.2) is 25.6 Å². The summed E-state index contributed by atoms with van der Waals surface area (Å²) in [7, 11) is 0. The van der Waals surface area contributed by atoms with Crippen molar-refractivity contribution in [2.24, 2.45) is 5.73 Å². The van der Waals surface area contributed by atoms with Gasteiger partial charge in [0.2, 0.25) is 5.91 Å². The van der Waals surface area contributed by atoms with Gasteiger partial charge in [-0.2, -0.15) is 0 Å². The largest absolute Gasteiger partial charge is 0.491 e. The van der Waals surface area contributed by atoms with Crippen LogP contribution < -0.4 is 15.8 Å². The quantitative estimate of drug-likeness (QED) is 0.706. The van der Waals surface area contributed by atoms with Gasteiger partial charge in [0.25, 0.3) is 0 Å². The fourth-order valence-electron chi connectivity index (χ4n) is 1.43. The van der Waals surface area contributed by atoms with E-state index in [1.54, 1.807) is 0 Å². The molecule has 3 N–H and O–H groups in total. The monoisotopic (exact) mass is 272 g/mol. The molecule has 1 aromatic rings. The van der Waals surface area contributed by atoms with Crippen LogP contribution >= 0.6 is 0 Å². The molecule has 0 spiro atoms. The lowest BCUT2D eigenvalue weighted by molar-refractivity contribution is -0.121. The van der Waals surface area contributed by atoms with Crippen LogP contribution in [0.15, 0.2) is 18.2 Å². The molecule has 0 atom stereocenters. The van der Waals surface area contributed by atoms with E-state index in [-0.39, 0.29) is 18.3 Å². The number of ether oxygens (including phenoxy) is 1. The number of amides is 1. The minimum Gasteiger partial charge on any atom is -0.491 e. The highest BCUT2D eigenvalue weighted by Gasteiger charge is 2.05. The Morgan fingerprint density at radius 2 is 2.11 bits per heavy atom. The van der Waals surface area contributed by atoms with Crippen molar-refractivity contribution in [1.82, 2.24) is 5.32 Å². The maximum absolute atomic E-state index is 13.2. The van der Waals surface area contributed by atoms with E-state index in [9.17, 15) is 13.6 Å². The highest BCUT2D eigenvalue weighted by Crippen LogP contribution is 2.17. The maximum Gasteiger partial charge on any atom is 0.220 e. The Morgan fingerprint density at radius 3 is 2.79 bits per heavy atom. The van der Waals surface area contributed by atoms with E-state index in [0.717, 1.165) is 18.6 Å². The molecule has 0 aliphatic rings. The van der Waals surface area contributed by atoms with Crippen LogP contribution in [0.2, 0.25) is 0 Å². The molecule has 0 unspecified atom stereocenters. The third kappa shape index (κ3) is 6.15. The molecule has 1 amide bonds. The molecule has 0 bridgehead atoms. The summed E-state index contributed by atoms with van der Waals surface area (Å²) >= 11 is 0. The fraction of sp³-hybridized carbons (Fsp3) is 0.462. The van der Waals surface area contributed by atoms with Gasteiger partial charge in [0.1, 0.15) is 5.82 Å². The maximum atomic E-state index is 13.2. The van der Waals surface area contributed by atoms with E-state index >= 15 is 0 Å². The summed E-state index contributed by atoms with van der Waals surface area (Å²) in [5.41, 5.74) is 5.29. The van der Waals surface area contributed by atoms with Crippen molar-refractivity contribution in [2.45, 2.75) is 19.3 Å². The fourth-order valence-corrected chi connectivity index (χ4v) is 1.43. The van der Waals surface area contributed by atoms with E-state index in [2.05, 4.69) is 5.32 Å². The summed E-state index contributed by atoms with van der Waals surface area (Å²) in [6.45, 7) is 1.29. The average Bonchev–Trinajstić information content (AvgIpc) is 2.37. The summed E-state index contributed by atoms with van der Waals surface area (Å²) in [5.74, 6) is -1.49. The Bertz CT molecular complexity index is 414. The van der Waals surface area contributed by atoms with Crippen LogP contribution in [-0.2, 0) is 4.79 Å². The number of nitrogens with two attached hydrogens (primary N) is 1. The zero-order chi connectivity index (χ0) is 14.1. The van der Waals surface area contributed by atoms with Crippen molar-refractivity contribution in [2.75, 3.05) is 19.7 Å². The van der Waals surface area contributed by atoms with Crippen molar-refractivity contribution in [3.8, 4) is 5.75 Å². The third-order valence-corrected chi connectivity index (χ3v) is 2.40. The Hall–Kier alpha value is -1.69. The van der Waals surface area contributed by atoms with Crippen molar-refractivity contribution in [3.63, 3.8) is 0 Å². The number of carbonyl (C=O) groups excluding carboxylic acids is 1. The van der Waals surface area contributed by atoms with E-state index in [4.69, 9.17) is 10.5 Å². The summed E-state index contributed by atoms with van der Waals surface area (Å²) in [5, 5.41) is 2.70. The Balaban J connectivity index is 2.18. The van der Waals surface area contributed by atoms with Gasteiger partial charge in [-0.1, -0.05) is 0 Å². The molecule has 0 saturated heterocycles. The molecule has 0 radical (unpaired) electrons. The molecule has 0 aliphatic heterocycles. The second-order valence-electron chi connectivity index (χ2n) is 4.02. The first-order valence-electron chi connectivity index (χ1n) is 6.18. The lowest BCUT2D eigenvalue weighted by Gasteiger charge is -2.07. The van der Waals surface area contributed by atoms with Crippen LogP contribution in [0.25, 0.3) is 0 Å². The van der Waals surface area contributed by atoms with Crippen LogP contribution in [0.1, 0.15) is 19.3 Å². The molecule has 0 aliphatic carbocycles. The summed E-state index contributed by atoms with van der Waals surface area (Å²) < 4.78 is 30.9. The van der Waals surface area contributed by atoms with Gasteiger partial charge >= 0.3 is 0 Å². The molecule has 19 heavy (non-hydrogen) atoms. The van der Waals surface area contributed by atoms with E-state index in [1.807, 2.05) is 0 Å². The first-order chi connectivity index (χ1) is 9.13. The molecule has 106 valence electrons. The number of nitrogens with one attached hydrogen (secondary N) is 1. The highest BCUT2D eigenvalue weighted by molar-refractivity contribution is 5.75. The van der Waals surface area contributed by atoms with Crippen molar-refractivity contribution < 1.29 is 18.3 Å². The smallest absolute Gasteiger partial charge is 0.220 e. The number of rotatable bonds is 8. The first-order valence-corrected chi connectivity index (χ1v) is 6.18. The molecule has 6 heteroatoms. The molecule has 4 nitrogen and oxygen atoms in total. The van der Waals surface area contributed by atoms with Gasteiger partial charge in [0.15, 0.2) is 11.6 Å². The number of carbonyl (C=O) groups is 1. The zero-order valence-electron chi connectivity index (χ0n) is 10.6. The molecular weight excluding hydrogens is 254 g/mol. The Labute approximate surface area is 110 Å². The number of halogens is 2. The minimum atomic E-state index is -0.743. The Morgan fingerprint density at radius 1 is 1.32 bits per heavy atom. The van der Waals surface area contributed by atoms with E-state index in [1.165, 1.54) is 6.07 Å². The van der Waals surface area contributed by atoms with Crippen molar-refractivity contribution in [3.05, 3.63) is 29.8 Å². The van der Waals surface area contributed by atoms with Gasteiger partial charge in [-0.15, -0.1) is 0 Å². The van der Waals surface area contributed by atoms with Gasteiger partial charge in [-0.05, 0) is 31.5 Å². The normalized spacial score (nSPS) is 10.3. The predicted molar refractivity (Wildman–Crippen MR) is 67.8 cm³/mol. The predicted octanol–water partition coefficient (Wildman–Crippen LogP) is 1.59. The van der Waals surface area contributed by atoms with Gasteiger partial charge in [0, 0.05) is 19.0 Å². The molecule has 1 aromatic carbocycles. The summed E-state index contributed by atoms with van der Waals surface area (Å²) in [4.78, 5) is 11.3. The van der Waals surface area contributed by atoms with Gasteiger partial charge in [0.05, 0.1) is 6.61 Å². The SMILES string of the molecule is NCCCNC(=O)CCCOc1ccc(F)cc1F. The molecule has 0 heterocycles. The highest BCUT2D eigenvalue weighted by atomic mass is 19.1. The molecule has 1 rings (SSSR count). The molecular formula is C13H18F2N2O2. The van der Waals surface area contributed by atoms with Crippen LogP contribution in [0.3, 0.4) is 0 Å². The van der Waals surface area contributed by atoms with E-state index < -0.39 is 11.6 Å². The average molecular weight is 272 g/mol. The first kappa shape index (κ1) is 15.4. The standard InChI is InChI=1S/C13H18F2N2O2/c14-10-4-5-12(11(15)9-10)19-8-1-3-13(18)17-7-2-6-16/h4-5,9H,1-3,6-8,16H2,(H,17,18). The van der Waals surface area contributed by atoms with Gasteiger partial charge < -0.3 is 15.8 Å². The lowest BCUT2D eigenvalue weighted by Crippen LogP contribution is -2.26. The van der Waals surface area contributed by atoms with Crippen molar-refractivity contribution >= 4 is 5.91 Å². The van der Waals surface area contributed by atoms with Gasteiger partial charge in [-0.3, -0.25) is 4.79 Å². The molecule has 0 fully saturated rings. The van der Waals surface area contributed by atoms with Crippen LogP contribution in [0.5, 0.6) is 5.75 Å². The third-order valence-electron chi connectivity index (χ3n) is 2.40.